The number of benzene rings is 1. The van der Waals surface area contributed by atoms with Crippen molar-refractivity contribution in [2.75, 3.05) is 37.0 Å². The van der Waals surface area contributed by atoms with E-state index in [0.717, 1.165) is 37.4 Å². The van der Waals surface area contributed by atoms with E-state index >= 15 is 0 Å². The molecule has 0 atom stereocenters. The van der Waals surface area contributed by atoms with E-state index in [-0.39, 0.29) is 0 Å². The second-order valence-corrected chi connectivity index (χ2v) is 6.46. The molecule has 0 aliphatic carbocycles. The Balaban J connectivity index is 1.58. The lowest BCUT2D eigenvalue weighted by atomic mass is 10.0. The zero-order valence-electron chi connectivity index (χ0n) is 15.8. The van der Waals surface area contributed by atoms with Crippen LogP contribution in [-0.4, -0.2) is 43.7 Å². The largest absolute Gasteiger partial charge is 0.491 e. The Kier molecular flexibility index (Phi) is 6.01. The molecule has 2 aromatic rings. The lowest BCUT2D eigenvalue weighted by Gasteiger charge is -2.33. The van der Waals surface area contributed by atoms with Gasteiger partial charge < -0.3 is 25.4 Å². The highest BCUT2D eigenvalue weighted by molar-refractivity contribution is 5.93. The first-order chi connectivity index (χ1) is 13.1. The molecule has 0 radical (unpaired) electrons. The van der Waals surface area contributed by atoms with Crippen LogP contribution in [0.2, 0.25) is 0 Å². The number of pyridine rings is 1. The van der Waals surface area contributed by atoms with Gasteiger partial charge in [0.15, 0.2) is 5.75 Å². The number of amides is 1. The maximum atomic E-state index is 11.2. The zero-order valence-corrected chi connectivity index (χ0v) is 15.8. The summed E-state index contributed by atoms with van der Waals surface area (Å²) in [4.78, 5) is 18.0. The molecule has 7 nitrogen and oxygen atoms in total. The molecule has 0 unspecified atom stereocenters. The molecule has 3 N–H and O–H groups in total. The fraction of sp³-hybridized carbons (Fsp3) is 0.400. The highest BCUT2D eigenvalue weighted by Crippen LogP contribution is 2.29. The average molecular weight is 370 g/mol. The van der Waals surface area contributed by atoms with Gasteiger partial charge in [-0.3, -0.25) is 4.79 Å². The van der Waals surface area contributed by atoms with Crippen LogP contribution in [0.25, 0.3) is 0 Å². The van der Waals surface area contributed by atoms with Crippen molar-refractivity contribution in [3.8, 4) is 11.6 Å². The smallest absolute Gasteiger partial charge is 0.258 e. The van der Waals surface area contributed by atoms with Crippen molar-refractivity contribution < 1.29 is 14.3 Å². The summed E-state index contributed by atoms with van der Waals surface area (Å²) in [5, 5.41) is 3.53. The maximum absolute atomic E-state index is 11.2. The number of anilines is 2. The van der Waals surface area contributed by atoms with Gasteiger partial charge in [-0.15, -0.1) is 0 Å². The van der Waals surface area contributed by atoms with Crippen LogP contribution in [0.15, 0.2) is 36.4 Å². The molecule has 7 heteroatoms. The van der Waals surface area contributed by atoms with E-state index in [0.29, 0.717) is 29.8 Å². The third-order valence-corrected chi connectivity index (χ3v) is 4.67. The lowest BCUT2D eigenvalue weighted by molar-refractivity contribution is 0.100. The molecule has 27 heavy (non-hydrogen) atoms. The summed E-state index contributed by atoms with van der Waals surface area (Å²) in [7, 11) is 1.62. The molecular formula is C20H26N4O3. The van der Waals surface area contributed by atoms with Gasteiger partial charge in [-0.2, -0.15) is 4.98 Å². The predicted molar refractivity (Wildman–Crippen MR) is 106 cm³/mol. The van der Waals surface area contributed by atoms with Crippen LogP contribution in [0.3, 0.4) is 0 Å². The molecule has 2 heterocycles. The van der Waals surface area contributed by atoms with Gasteiger partial charge in [0, 0.05) is 30.4 Å². The number of aromatic nitrogens is 1. The van der Waals surface area contributed by atoms with E-state index in [2.05, 4.69) is 15.2 Å². The summed E-state index contributed by atoms with van der Waals surface area (Å²) in [5.41, 5.74) is 6.80. The van der Waals surface area contributed by atoms with Gasteiger partial charge >= 0.3 is 0 Å². The van der Waals surface area contributed by atoms with Gasteiger partial charge in [-0.05, 0) is 56.2 Å². The molecule has 1 aromatic carbocycles. The first-order valence-electron chi connectivity index (χ1n) is 9.20. The van der Waals surface area contributed by atoms with Crippen molar-refractivity contribution in [2.24, 2.45) is 5.73 Å². The third kappa shape index (κ3) is 4.61. The molecule has 0 bridgehead atoms. The molecule has 3 rings (SSSR count). The zero-order chi connectivity index (χ0) is 19.2. The van der Waals surface area contributed by atoms with E-state index in [1.165, 1.54) is 0 Å². The molecule has 1 aliphatic heterocycles. The Hall–Kier alpha value is -2.96. The van der Waals surface area contributed by atoms with Crippen molar-refractivity contribution in [3.05, 3.63) is 42.0 Å². The molecule has 144 valence electrons. The van der Waals surface area contributed by atoms with Gasteiger partial charge in [0.1, 0.15) is 5.82 Å². The van der Waals surface area contributed by atoms with Crippen LogP contribution < -0.4 is 25.4 Å². The van der Waals surface area contributed by atoms with E-state index in [4.69, 9.17) is 15.2 Å². The van der Waals surface area contributed by atoms with Crippen molar-refractivity contribution >= 4 is 17.4 Å². The first-order valence-corrected chi connectivity index (χ1v) is 9.20. The number of carbonyl (C=O) groups excluding carboxylic acids is 1. The second-order valence-electron chi connectivity index (χ2n) is 6.46. The Morgan fingerprint density at radius 1 is 1.22 bits per heavy atom. The summed E-state index contributed by atoms with van der Waals surface area (Å²) in [5.74, 6) is 1.68. The molecule has 0 saturated carbocycles. The van der Waals surface area contributed by atoms with Gasteiger partial charge in [0.25, 0.3) is 5.88 Å². The minimum absolute atomic E-state index is 0.380. The summed E-state index contributed by atoms with van der Waals surface area (Å²) < 4.78 is 10.9. The van der Waals surface area contributed by atoms with Crippen LogP contribution in [0.4, 0.5) is 11.5 Å². The quantitative estimate of drug-likeness (QED) is 0.779. The fourth-order valence-electron chi connectivity index (χ4n) is 3.21. The van der Waals surface area contributed by atoms with Crippen LogP contribution in [0.5, 0.6) is 11.6 Å². The fourth-order valence-corrected chi connectivity index (χ4v) is 3.21. The van der Waals surface area contributed by atoms with Crippen LogP contribution >= 0.6 is 0 Å². The van der Waals surface area contributed by atoms with Gasteiger partial charge in [-0.1, -0.05) is 0 Å². The second kappa shape index (κ2) is 8.62. The number of carbonyl (C=O) groups is 1. The number of nitrogens with two attached hydrogens (primary N) is 1. The number of methoxy groups -OCH3 is 1. The Bertz CT molecular complexity index is 771. The third-order valence-electron chi connectivity index (χ3n) is 4.67. The van der Waals surface area contributed by atoms with Gasteiger partial charge in [0.2, 0.25) is 5.91 Å². The summed E-state index contributed by atoms with van der Waals surface area (Å²) in [6.45, 7) is 4.29. The van der Waals surface area contributed by atoms with E-state index < -0.39 is 5.91 Å². The van der Waals surface area contributed by atoms with E-state index in [1.54, 1.807) is 19.2 Å². The summed E-state index contributed by atoms with van der Waals surface area (Å²) in [6.07, 6.45) is 1.99. The van der Waals surface area contributed by atoms with Gasteiger partial charge in [-0.25, -0.2) is 0 Å². The van der Waals surface area contributed by atoms with Crippen molar-refractivity contribution in [2.45, 2.75) is 25.8 Å². The Morgan fingerprint density at radius 2 is 1.93 bits per heavy atom. The molecule has 1 amide bonds. The van der Waals surface area contributed by atoms with Crippen LogP contribution in [0, 0.1) is 0 Å². The molecule has 1 fully saturated rings. The lowest BCUT2D eigenvalue weighted by Crippen LogP contribution is -2.39. The number of rotatable bonds is 7. The number of ether oxygens (including phenoxy) is 2. The van der Waals surface area contributed by atoms with Gasteiger partial charge in [0.05, 0.1) is 13.7 Å². The van der Waals surface area contributed by atoms with Crippen molar-refractivity contribution in [3.63, 3.8) is 0 Å². The topological polar surface area (TPSA) is 89.7 Å². The summed E-state index contributed by atoms with van der Waals surface area (Å²) in [6, 6.07) is 11.5. The van der Waals surface area contributed by atoms with Crippen LogP contribution in [-0.2, 0) is 0 Å². The average Bonchev–Trinajstić information content (AvgIpc) is 2.69. The number of nitrogens with zero attached hydrogens (tertiary/aromatic N) is 2. The SMILES string of the molecule is CCOc1nc(N2CCC(Nc3ccc(C(N)=O)cc3)CC2)ccc1OC. The minimum atomic E-state index is -0.409. The first kappa shape index (κ1) is 18.8. The van der Waals surface area contributed by atoms with E-state index in [9.17, 15) is 4.79 Å². The number of hydrogen-bond donors (Lipinski definition) is 2. The number of hydrogen-bond acceptors (Lipinski definition) is 6. The predicted octanol–water partition coefficient (Wildman–Crippen LogP) is 2.67. The van der Waals surface area contributed by atoms with E-state index in [1.807, 2.05) is 31.2 Å². The van der Waals surface area contributed by atoms with Crippen LogP contribution in [0.1, 0.15) is 30.1 Å². The maximum Gasteiger partial charge on any atom is 0.258 e. The highest BCUT2D eigenvalue weighted by Gasteiger charge is 2.21. The van der Waals surface area contributed by atoms with Crippen molar-refractivity contribution in [1.82, 2.24) is 4.98 Å². The molecule has 1 aliphatic rings. The molecular weight excluding hydrogens is 344 g/mol. The number of primary amides is 1. The normalized spacial score (nSPS) is 14.7. The number of piperidine rings is 1. The highest BCUT2D eigenvalue weighted by atomic mass is 16.5. The molecule has 1 saturated heterocycles. The number of nitrogens with one attached hydrogen (secondary N) is 1. The summed E-state index contributed by atoms with van der Waals surface area (Å²) >= 11 is 0. The minimum Gasteiger partial charge on any atom is -0.491 e. The molecule has 0 spiro atoms. The monoisotopic (exact) mass is 370 g/mol. The molecule has 1 aromatic heterocycles. The Morgan fingerprint density at radius 3 is 2.52 bits per heavy atom. The standard InChI is InChI=1S/C20H26N4O3/c1-3-27-20-17(26-2)8-9-18(23-20)24-12-10-16(11-13-24)22-15-6-4-14(5-7-15)19(21)25/h4-9,16,22H,3,10-13H2,1-2H3,(H2,21,25). The van der Waals surface area contributed by atoms with Crippen molar-refractivity contribution in [1.29, 1.82) is 0 Å². The Labute approximate surface area is 159 Å².